The maximum absolute atomic E-state index is 12.6. The first kappa shape index (κ1) is 19.5. The van der Waals surface area contributed by atoms with Crippen LogP contribution in [0.3, 0.4) is 0 Å². The van der Waals surface area contributed by atoms with Crippen LogP contribution in [0.5, 0.6) is 0 Å². The van der Waals surface area contributed by atoms with Crippen molar-refractivity contribution in [2.24, 2.45) is 5.92 Å². The first-order chi connectivity index (χ1) is 12.0. The number of esters is 1. The molecule has 0 aromatic rings. The summed E-state index contributed by atoms with van der Waals surface area (Å²) in [5, 5.41) is 5.76. The molecule has 7 nitrogen and oxygen atoms in total. The largest absolute Gasteiger partial charge is 0.466 e. The van der Waals surface area contributed by atoms with Crippen molar-refractivity contribution >= 4 is 17.9 Å². The van der Waals surface area contributed by atoms with E-state index in [9.17, 15) is 14.4 Å². The zero-order valence-electron chi connectivity index (χ0n) is 15.4. The van der Waals surface area contributed by atoms with E-state index in [4.69, 9.17) is 4.74 Å². The van der Waals surface area contributed by atoms with E-state index in [1.54, 1.807) is 0 Å². The third-order valence-electron chi connectivity index (χ3n) is 4.84. The van der Waals surface area contributed by atoms with Crippen molar-refractivity contribution in [1.82, 2.24) is 15.5 Å². The lowest BCUT2D eigenvalue weighted by Gasteiger charge is -2.36. The van der Waals surface area contributed by atoms with E-state index in [0.29, 0.717) is 25.6 Å². The van der Waals surface area contributed by atoms with Gasteiger partial charge in [0.25, 0.3) is 0 Å². The first-order valence-corrected chi connectivity index (χ1v) is 9.48. The Bertz CT molecular complexity index is 475. The van der Waals surface area contributed by atoms with Gasteiger partial charge in [0, 0.05) is 19.1 Å². The van der Waals surface area contributed by atoms with E-state index in [-0.39, 0.29) is 24.4 Å². The second-order valence-corrected chi connectivity index (χ2v) is 7.39. The molecule has 1 heterocycles. The Morgan fingerprint density at radius 1 is 1.28 bits per heavy atom. The summed E-state index contributed by atoms with van der Waals surface area (Å²) >= 11 is 0. The lowest BCUT2D eigenvalue weighted by Crippen LogP contribution is -2.61. The van der Waals surface area contributed by atoms with Gasteiger partial charge < -0.3 is 20.3 Å². The van der Waals surface area contributed by atoms with Crippen LogP contribution in [-0.4, -0.2) is 54.6 Å². The zero-order valence-corrected chi connectivity index (χ0v) is 15.4. The van der Waals surface area contributed by atoms with E-state index in [1.807, 2.05) is 0 Å². The number of nitrogens with one attached hydrogen (secondary N) is 2. The molecule has 1 aliphatic carbocycles. The van der Waals surface area contributed by atoms with Gasteiger partial charge in [0.2, 0.25) is 5.91 Å². The van der Waals surface area contributed by atoms with Crippen LogP contribution in [0.25, 0.3) is 0 Å². The molecule has 0 bridgehead atoms. The predicted molar refractivity (Wildman–Crippen MR) is 93.9 cm³/mol. The fourth-order valence-electron chi connectivity index (χ4n) is 3.29. The molecule has 0 radical (unpaired) electrons. The van der Waals surface area contributed by atoms with Crippen molar-refractivity contribution in [1.29, 1.82) is 0 Å². The summed E-state index contributed by atoms with van der Waals surface area (Å²) in [6.45, 7) is 5.28. The molecule has 1 saturated carbocycles. The molecular weight excluding hydrogens is 322 g/mol. The van der Waals surface area contributed by atoms with Gasteiger partial charge in [-0.3, -0.25) is 9.59 Å². The molecule has 0 aromatic heterocycles. The van der Waals surface area contributed by atoms with Crippen LogP contribution < -0.4 is 10.6 Å². The van der Waals surface area contributed by atoms with Gasteiger partial charge in [0.1, 0.15) is 6.04 Å². The summed E-state index contributed by atoms with van der Waals surface area (Å²) in [7, 11) is 0. The van der Waals surface area contributed by atoms with Crippen LogP contribution in [0, 0.1) is 5.92 Å². The predicted octanol–water partition coefficient (Wildman–Crippen LogP) is 1.81. The Morgan fingerprint density at radius 3 is 2.68 bits per heavy atom. The number of ether oxygens (including phenoxy) is 1. The lowest BCUT2D eigenvalue weighted by molar-refractivity contribution is -0.148. The molecule has 0 spiro atoms. The van der Waals surface area contributed by atoms with Gasteiger partial charge in [0.15, 0.2) is 0 Å². The Morgan fingerprint density at radius 2 is 2.00 bits per heavy atom. The van der Waals surface area contributed by atoms with Crippen LogP contribution in [0.1, 0.15) is 58.8 Å². The minimum atomic E-state index is -0.788. The molecule has 2 rings (SSSR count). The van der Waals surface area contributed by atoms with E-state index >= 15 is 0 Å². The van der Waals surface area contributed by atoms with Gasteiger partial charge in [-0.25, -0.2) is 4.79 Å². The maximum Gasteiger partial charge on any atom is 0.318 e. The van der Waals surface area contributed by atoms with Crippen molar-refractivity contribution < 1.29 is 19.1 Å². The lowest BCUT2D eigenvalue weighted by atomic mass is 9.95. The normalized spacial score (nSPS) is 21.8. The monoisotopic (exact) mass is 353 g/mol. The fourth-order valence-corrected chi connectivity index (χ4v) is 3.29. The van der Waals surface area contributed by atoms with E-state index in [0.717, 1.165) is 32.1 Å². The second-order valence-electron chi connectivity index (χ2n) is 7.39. The quantitative estimate of drug-likeness (QED) is 0.713. The molecule has 1 unspecified atom stereocenters. The number of amides is 3. The summed E-state index contributed by atoms with van der Waals surface area (Å²) in [5.41, 5.74) is 0. The van der Waals surface area contributed by atoms with Crippen molar-refractivity contribution in [3.05, 3.63) is 0 Å². The molecule has 7 heteroatoms. The van der Waals surface area contributed by atoms with Crippen molar-refractivity contribution in [2.75, 3.05) is 19.7 Å². The van der Waals surface area contributed by atoms with E-state index in [2.05, 4.69) is 24.5 Å². The summed E-state index contributed by atoms with van der Waals surface area (Å²) < 4.78 is 5.20. The fraction of sp³-hybridized carbons (Fsp3) is 0.833. The van der Waals surface area contributed by atoms with Crippen LogP contribution in [-0.2, 0) is 14.3 Å². The number of nitrogens with zero attached hydrogens (tertiary/aromatic N) is 1. The maximum atomic E-state index is 12.6. The van der Waals surface area contributed by atoms with E-state index in [1.165, 1.54) is 11.3 Å². The molecule has 25 heavy (non-hydrogen) atoms. The average Bonchev–Trinajstić information content (AvgIpc) is 2.57. The molecule has 1 saturated heterocycles. The highest BCUT2D eigenvalue weighted by Gasteiger charge is 2.35. The third kappa shape index (κ3) is 6.21. The van der Waals surface area contributed by atoms with Gasteiger partial charge in [-0.2, -0.15) is 0 Å². The number of carbonyl (C=O) groups is 3. The number of hydrogen-bond donors (Lipinski definition) is 2. The average molecular weight is 353 g/mol. The SMILES string of the molecule is CC(C)CCOC(=O)CC1C(=O)NCCN1C(=O)NC1CCCCC1. The molecule has 2 fully saturated rings. The van der Waals surface area contributed by atoms with Gasteiger partial charge in [0.05, 0.1) is 13.0 Å². The summed E-state index contributed by atoms with van der Waals surface area (Å²) in [6, 6.07) is -0.865. The Hall–Kier alpha value is -1.79. The van der Waals surface area contributed by atoms with Gasteiger partial charge in [-0.05, 0) is 25.2 Å². The van der Waals surface area contributed by atoms with Gasteiger partial charge >= 0.3 is 12.0 Å². The van der Waals surface area contributed by atoms with E-state index < -0.39 is 12.0 Å². The van der Waals surface area contributed by atoms with Crippen LogP contribution in [0.2, 0.25) is 0 Å². The third-order valence-corrected chi connectivity index (χ3v) is 4.84. The number of piperazine rings is 1. The summed E-state index contributed by atoms with van der Waals surface area (Å²) in [6.07, 6.45) is 6.11. The minimum Gasteiger partial charge on any atom is -0.466 e. The van der Waals surface area contributed by atoms with Gasteiger partial charge in [-0.15, -0.1) is 0 Å². The Labute approximate surface area is 149 Å². The van der Waals surface area contributed by atoms with Crippen LogP contribution in [0.4, 0.5) is 4.79 Å². The van der Waals surface area contributed by atoms with Crippen molar-refractivity contribution in [2.45, 2.75) is 70.9 Å². The smallest absolute Gasteiger partial charge is 0.318 e. The summed E-state index contributed by atoms with van der Waals surface area (Å²) in [4.78, 5) is 38.3. The van der Waals surface area contributed by atoms with Crippen LogP contribution >= 0.6 is 0 Å². The molecule has 142 valence electrons. The highest BCUT2D eigenvalue weighted by molar-refractivity contribution is 5.91. The molecule has 2 N–H and O–H groups in total. The zero-order chi connectivity index (χ0) is 18.2. The second kappa shape index (κ2) is 9.63. The minimum absolute atomic E-state index is 0.0952. The van der Waals surface area contributed by atoms with Crippen molar-refractivity contribution in [3.8, 4) is 0 Å². The molecular formula is C18H31N3O4. The summed E-state index contributed by atoms with van der Waals surface area (Å²) in [5.74, 6) is -0.271. The number of rotatable bonds is 6. The molecule has 1 atom stereocenters. The number of carbonyl (C=O) groups excluding carboxylic acids is 3. The molecule has 0 aromatic carbocycles. The number of hydrogen-bond acceptors (Lipinski definition) is 4. The topological polar surface area (TPSA) is 87.7 Å². The highest BCUT2D eigenvalue weighted by atomic mass is 16.5. The van der Waals surface area contributed by atoms with Gasteiger partial charge in [-0.1, -0.05) is 33.1 Å². The molecule has 2 aliphatic rings. The first-order valence-electron chi connectivity index (χ1n) is 9.48. The van der Waals surface area contributed by atoms with Crippen molar-refractivity contribution in [3.63, 3.8) is 0 Å². The Balaban J connectivity index is 1.89. The number of urea groups is 1. The molecule has 3 amide bonds. The Kier molecular flexibility index (Phi) is 7.52. The standard InChI is InChI=1S/C18H31N3O4/c1-13(2)8-11-25-16(22)12-15-17(23)19-9-10-21(15)18(24)20-14-6-4-3-5-7-14/h13-15H,3-12H2,1-2H3,(H,19,23)(H,20,24). The highest BCUT2D eigenvalue weighted by Crippen LogP contribution is 2.18. The van der Waals surface area contributed by atoms with Crippen LogP contribution in [0.15, 0.2) is 0 Å². The molecule has 1 aliphatic heterocycles.